The monoisotopic (exact) mass is 497 g/mol. The molecule has 0 spiro atoms. The minimum Gasteiger partial charge on any atom is -0.457 e. The van der Waals surface area contributed by atoms with Crippen molar-refractivity contribution >= 4 is 17.6 Å². The molecule has 9 heteroatoms. The highest BCUT2D eigenvalue weighted by molar-refractivity contribution is 5.87. The molecule has 4 N–H and O–H groups in total. The highest BCUT2D eigenvalue weighted by Gasteiger charge is 2.45. The van der Waals surface area contributed by atoms with Gasteiger partial charge in [0.05, 0.1) is 5.69 Å². The average molecular weight is 498 g/mol. The first kappa shape index (κ1) is 25.1. The number of nitrogens with two attached hydrogens (primary N) is 1. The van der Waals surface area contributed by atoms with E-state index in [1.54, 1.807) is 11.4 Å². The van der Waals surface area contributed by atoms with Crippen LogP contribution < -0.4 is 21.1 Å². The molecule has 2 aromatic carbocycles. The Morgan fingerprint density at radius 2 is 1.92 bits per heavy atom. The lowest BCUT2D eigenvalue weighted by atomic mass is 10.0. The molecular formula is C27H26F3N3O3. The third kappa shape index (κ3) is 5.62. The SMILES string of the molecule is C=C/C=C(/Oc1ccc2c(c1)C1CC1C2)C1=C(C)NC(=O)CC1.NC(=O)Nc1cc(F)c(F)cc1F. The molecule has 5 rings (SSSR count). The molecular weight excluding hydrogens is 471 g/mol. The van der Waals surface area contributed by atoms with E-state index >= 15 is 0 Å². The van der Waals surface area contributed by atoms with E-state index in [-0.39, 0.29) is 5.91 Å². The van der Waals surface area contributed by atoms with Crippen LogP contribution in [0.5, 0.6) is 5.75 Å². The molecule has 2 atom stereocenters. The van der Waals surface area contributed by atoms with E-state index in [1.807, 2.05) is 13.0 Å². The van der Waals surface area contributed by atoms with Crippen molar-refractivity contribution in [1.82, 2.24) is 5.32 Å². The number of nitrogens with one attached hydrogen (secondary N) is 2. The number of fused-ring (bicyclic) bond motifs is 3. The molecule has 3 aliphatic rings. The zero-order valence-electron chi connectivity index (χ0n) is 19.7. The highest BCUT2D eigenvalue weighted by Crippen LogP contribution is 2.56. The van der Waals surface area contributed by atoms with E-state index < -0.39 is 29.2 Å². The second kappa shape index (κ2) is 10.3. The zero-order chi connectivity index (χ0) is 26.0. The van der Waals surface area contributed by atoms with Gasteiger partial charge in [-0.25, -0.2) is 18.0 Å². The molecule has 1 aliphatic heterocycles. The molecule has 36 heavy (non-hydrogen) atoms. The second-order valence-corrected chi connectivity index (χ2v) is 8.92. The number of carbonyl (C=O) groups excluding carboxylic acids is 2. The molecule has 0 saturated heterocycles. The zero-order valence-corrected chi connectivity index (χ0v) is 19.7. The van der Waals surface area contributed by atoms with Crippen molar-refractivity contribution in [1.29, 1.82) is 0 Å². The van der Waals surface area contributed by atoms with Crippen molar-refractivity contribution in [3.05, 3.63) is 94.7 Å². The molecule has 1 fully saturated rings. The Morgan fingerprint density at radius 3 is 2.61 bits per heavy atom. The standard InChI is InChI=1S/C20H21NO2.C7H5F3N2O/c1-3-4-19(16-7-8-20(22)21-12(16)2)23-15-6-5-13-9-14-10-17(14)18(13)11-15;8-3-1-5(10)6(2-4(3)9)12-7(11)13/h3-6,11,14,17H,1,7-10H2,2H3,(H,21,22);1-2H,(H3,11,12,13)/b19-4+;. The maximum absolute atomic E-state index is 12.7. The number of amides is 3. The summed E-state index contributed by atoms with van der Waals surface area (Å²) in [5.41, 5.74) is 9.02. The van der Waals surface area contributed by atoms with Crippen LogP contribution in [0, 0.1) is 23.4 Å². The lowest BCUT2D eigenvalue weighted by Gasteiger charge is -2.21. The van der Waals surface area contributed by atoms with Crippen molar-refractivity contribution < 1.29 is 27.5 Å². The second-order valence-electron chi connectivity index (χ2n) is 8.92. The van der Waals surface area contributed by atoms with Gasteiger partial charge in [-0.3, -0.25) is 4.79 Å². The van der Waals surface area contributed by atoms with Crippen molar-refractivity contribution in [3.8, 4) is 5.75 Å². The predicted octanol–water partition coefficient (Wildman–Crippen LogP) is 5.57. The van der Waals surface area contributed by atoms with E-state index in [0.29, 0.717) is 25.0 Å². The summed E-state index contributed by atoms with van der Waals surface area (Å²) >= 11 is 0. The number of anilines is 1. The molecule has 0 radical (unpaired) electrons. The normalized spacial score (nSPS) is 19.9. The summed E-state index contributed by atoms with van der Waals surface area (Å²) in [7, 11) is 0. The number of benzene rings is 2. The molecule has 3 amide bonds. The highest BCUT2D eigenvalue weighted by atomic mass is 19.2. The Labute approximate surface area is 206 Å². The van der Waals surface area contributed by atoms with Crippen LogP contribution in [0.4, 0.5) is 23.7 Å². The van der Waals surface area contributed by atoms with Crippen molar-refractivity contribution in [2.75, 3.05) is 5.32 Å². The molecule has 1 saturated carbocycles. The lowest BCUT2D eigenvalue weighted by Crippen LogP contribution is -2.27. The summed E-state index contributed by atoms with van der Waals surface area (Å²) in [5, 5.41) is 4.69. The van der Waals surface area contributed by atoms with Crippen LogP contribution in [-0.4, -0.2) is 11.9 Å². The molecule has 6 nitrogen and oxygen atoms in total. The topological polar surface area (TPSA) is 93.4 Å². The fourth-order valence-electron chi connectivity index (χ4n) is 4.57. The lowest BCUT2D eigenvalue weighted by molar-refractivity contribution is -0.120. The summed E-state index contributed by atoms with van der Waals surface area (Å²) in [6.45, 7) is 5.71. The van der Waals surface area contributed by atoms with Crippen molar-refractivity contribution in [3.63, 3.8) is 0 Å². The van der Waals surface area contributed by atoms with Crippen LogP contribution in [0.25, 0.3) is 0 Å². The van der Waals surface area contributed by atoms with Gasteiger partial charge in [-0.15, -0.1) is 0 Å². The third-order valence-corrected chi connectivity index (χ3v) is 6.37. The minimum atomic E-state index is -1.33. The summed E-state index contributed by atoms with van der Waals surface area (Å²) in [5.74, 6) is -0.307. The largest absolute Gasteiger partial charge is 0.457 e. The number of urea groups is 1. The van der Waals surface area contributed by atoms with Gasteiger partial charge in [0.2, 0.25) is 5.91 Å². The van der Waals surface area contributed by atoms with Crippen molar-refractivity contribution in [2.24, 2.45) is 11.7 Å². The number of halogens is 3. The van der Waals surface area contributed by atoms with Gasteiger partial charge in [0.25, 0.3) is 0 Å². The van der Waals surface area contributed by atoms with Gasteiger partial charge in [0.1, 0.15) is 17.3 Å². The van der Waals surface area contributed by atoms with E-state index in [2.05, 4.69) is 35.8 Å². The summed E-state index contributed by atoms with van der Waals surface area (Å²) in [4.78, 5) is 21.7. The van der Waals surface area contributed by atoms with Gasteiger partial charge < -0.3 is 21.1 Å². The van der Waals surface area contributed by atoms with Crippen LogP contribution in [0.3, 0.4) is 0 Å². The number of ether oxygens (including phenoxy) is 1. The van der Waals surface area contributed by atoms with Crippen LogP contribution in [0.2, 0.25) is 0 Å². The third-order valence-electron chi connectivity index (χ3n) is 6.37. The smallest absolute Gasteiger partial charge is 0.316 e. The molecule has 2 aliphatic carbocycles. The van der Waals surface area contributed by atoms with E-state index in [0.717, 1.165) is 34.6 Å². The number of primary amides is 1. The Bertz CT molecular complexity index is 1300. The molecule has 2 aromatic rings. The molecule has 2 unspecified atom stereocenters. The van der Waals surface area contributed by atoms with Gasteiger partial charge in [-0.05, 0) is 67.4 Å². The number of carbonyl (C=O) groups is 2. The van der Waals surface area contributed by atoms with Crippen LogP contribution in [-0.2, 0) is 11.2 Å². The number of hydrogen-bond donors (Lipinski definition) is 3. The first-order valence-corrected chi connectivity index (χ1v) is 11.5. The van der Waals surface area contributed by atoms with Gasteiger partial charge in [-0.2, -0.15) is 0 Å². The maximum Gasteiger partial charge on any atom is 0.316 e. The Morgan fingerprint density at radius 1 is 1.17 bits per heavy atom. The molecule has 188 valence electrons. The Kier molecular flexibility index (Phi) is 7.19. The average Bonchev–Trinajstić information content (AvgIpc) is 3.49. The van der Waals surface area contributed by atoms with Crippen LogP contribution in [0.15, 0.2) is 66.1 Å². The van der Waals surface area contributed by atoms with Crippen LogP contribution in [0.1, 0.15) is 43.2 Å². The Balaban J connectivity index is 0.000000200. The van der Waals surface area contributed by atoms with Crippen molar-refractivity contribution in [2.45, 2.75) is 38.5 Å². The first-order valence-electron chi connectivity index (χ1n) is 11.5. The van der Waals surface area contributed by atoms with E-state index in [1.165, 1.54) is 24.0 Å². The van der Waals surface area contributed by atoms with Gasteiger partial charge >= 0.3 is 6.03 Å². The van der Waals surface area contributed by atoms with Crippen LogP contribution >= 0.6 is 0 Å². The molecule has 1 heterocycles. The fourth-order valence-corrected chi connectivity index (χ4v) is 4.57. The first-order chi connectivity index (χ1) is 17.2. The van der Waals surface area contributed by atoms with Gasteiger partial charge in [0.15, 0.2) is 11.6 Å². The van der Waals surface area contributed by atoms with E-state index in [9.17, 15) is 22.8 Å². The quantitative estimate of drug-likeness (QED) is 0.286. The Hall–Kier alpha value is -4.01. The van der Waals surface area contributed by atoms with Gasteiger partial charge in [0, 0.05) is 29.8 Å². The summed E-state index contributed by atoms with van der Waals surface area (Å²) < 4.78 is 43.7. The number of rotatable bonds is 5. The maximum atomic E-state index is 12.7. The van der Waals surface area contributed by atoms with E-state index in [4.69, 9.17) is 4.74 Å². The fraction of sp³-hybridized carbons (Fsp3) is 0.259. The minimum absolute atomic E-state index is 0.0708. The van der Waals surface area contributed by atoms with Gasteiger partial charge in [-0.1, -0.05) is 18.7 Å². The molecule has 0 aromatic heterocycles. The summed E-state index contributed by atoms with van der Waals surface area (Å²) in [6, 6.07) is 6.23. The number of hydrogen-bond acceptors (Lipinski definition) is 3. The summed E-state index contributed by atoms with van der Waals surface area (Å²) in [6.07, 6.45) is 7.37. The predicted molar refractivity (Wildman–Crippen MR) is 130 cm³/mol. The molecule has 0 bridgehead atoms. The number of allylic oxidation sites excluding steroid dienone is 4.